The molecule has 2 heterocycles. The summed E-state index contributed by atoms with van der Waals surface area (Å²) in [5.74, 6) is 0. The van der Waals surface area contributed by atoms with Crippen LogP contribution >= 0.6 is 0 Å². The van der Waals surface area contributed by atoms with Crippen LogP contribution in [-0.4, -0.2) is 14.8 Å². The van der Waals surface area contributed by atoms with Crippen molar-refractivity contribution in [2.75, 3.05) is 0 Å². The van der Waals surface area contributed by atoms with Gasteiger partial charge in [0.25, 0.3) is 5.56 Å². The van der Waals surface area contributed by atoms with Crippen LogP contribution < -0.4 is 5.56 Å². The summed E-state index contributed by atoms with van der Waals surface area (Å²) in [7, 11) is 0. The largest absolute Gasteiger partial charge is 0.366 e. The molecule has 1 aromatic carbocycles. The van der Waals surface area contributed by atoms with Crippen LogP contribution in [0.2, 0.25) is 0 Å². The van der Waals surface area contributed by atoms with Crippen molar-refractivity contribution in [2.24, 2.45) is 0 Å². The molecule has 0 unspecified atom stereocenters. The topological polar surface area (TPSA) is 50.7 Å². The second kappa shape index (κ2) is 3.59. The molecule has 1 N–H and O–H groups in total. The summed E-state index contributed by atoms with van der Waals surface area (Å²) in [5.41, 5.74) is 1.75. The van der Waals surface area contributed by atoms with E-state index in [1.54, 1.807) is 18.6 Å². The fourth-order valence-corrected chi connectivity index (χ4v) is 1.93. The molecule has 0 saturated heterocycles. The van der Waals surface area contributed by atoms with Gasteiger partial charge in [-0.15, -0.1) is 0 Å². The zero-order valence-electron chi connectivity index (χ0n) is 9.34. The normalized spacial score (nSPS) is 10.9. The molecular formula is C13H11N3O. The molecule has 4 heteroatoms. The first kappa shape index (κ1) is 9.84. The lowest BCUT2D eigenvalue weighted by atomic mass is 10.2. The maximum absolute atomic E-state index is 12.2. The van der Waals surface area contributed by atoms with Gasteiger partial charge in [-0.2, -0.15) is 9.78 Å². The lowest BCUT2D eigenvalue weighted by molar-refractivity contribution is 0.816. The molecule has 0 aliphatic rings. The Bertz CT molecular complexity index is 740. The van der Waals surface area contributed by atoms with Crippen molar-refractivity contribution in [3.05, 3.63) is 58.8 Å². The lowest BCUT2D eigenvalue weighted by Crippen LogP contribution is -2.21. The van der Waals surface area contributed by atoms with E-state index in [1.807, 2.05) is 31.2 Å². The Morgan fingerprint density at radius 1 is 1.24 bits per heavy atom. The van der Waals surface area contributed by atoms with Crippen LogP contribution in [0.15, 0.2) is 47.7 Å². The van der Waals surface area contributed by atoms with Gasteiger partial charge in [0.15, 0.2) is 0 Å². The number of aromatic nitrogens is 3. The molecule has 0 fully saturated rings. The van der Waals surface area contributed by atoms with E-state index in [4.69, 9.17) is 0 Å². The van der Waals surface area contributed by atoms with Crippen molar-refractivity contribution >= 4 is 10.8 Å². The molecule has 4 nitrogen and oxygen atoms in total. The predicted molar refractivity (Wildman–Crippen MR) is 66.4 cm³/mol. The Morgan fingerprint density at radius 2 is 2.06 bits per heavy atom. The molecule has 0 radical (unpaired) electrons. The van der Waals surface area contributed by atoms with Gasteiger partial charge in [0.2, 0.25) is 0 Å². The Kier molecular flexibility index (Phi) is 2.08. The number of nitrogens with one attached hydrogen (secondary N) is 1. The molecule has 0 bridgehead atoms. The molecule has 17 heavy (non-hydrogen) atoms. The minimum Gasteiger partial charge on any atom is -0.366 e. The molecule has 0 saturated carbocycles. The zero-order chi connectivity index (χ0) is 11.8. The molecule has 0 aliphatic heterocycles. The van der Waals surface area contributed by atoms with E-state index in [1.165, 1.54) is 4.68 Å². The molecule has 3 aromatic rings. The molecule has 0 amide bonds. The van der Waals surface area contributed by atoms with Crippen LogP contribution in [0, 0.1) is 6.92 Å². The van der Waals surface area contributed by atoms with Gasteiger partial charge in [0.1, 0.15) is 0 Å². The SMILES string of the molecule is Cc1ccccc1-n1ncc2c[nH]cc2c1=O. The Hall–Kier alpha value is -2.36. The Morgan fingerprint density at radius 3 is 2.88 bits per heavy atom. The van der Waals surface area contributed by atoms with E-state index in [9.17, 15) is 4.79 Å². The standard InChI is InChI=1S/C13H11N3O/c1-9-4-2-3-5-12(9)16-13(17)11-8-14-6-10(11)7-15-16/h2-8,14H,1H3. The second-order valence-electron chi connectivity index (χ2n) is 3.97. The van der Waals surface area contributed by atoms with Gasteiger partial charge in [0, 0.05) is 17.8 Å². The molecular weight excluding hydrogens is 214 g/mol. The van der Waals surface area contributed by atoms with Crippen molar-refractivity contribution in [1.29, 1.82) is 0 Å². The number of fused-ring (bicyclic) bond motifs is 1. The van der Waals surface area contributed by atoms with Crippen molar-refractivity contribution in [1.82, 2.24) is 14.8 Å². The Balaban J connectivity index is 2.35. The zero-order valence-corrected chi connectivity index (χ0v) is 9.34. The van der Waals surface area contributed by atoms with E-state index >= 15 is 0 Å². The predicted octanol–water partition coefficient (Wildman–Crippen LogP) is 2.02. The highest BCUT2D eigenvalue weighted by Crippen LogP contribution is 2.12. The third-order valence-electron chi connectivity index (χ3n) is 2.86. The third-order valence-corrected chi connectivity index (χ3v) is 2.86. The van der Waals surface area contributed by atoms with Gasteiger partial charge in [0.05, 0.1) is 17.3 Å². The van der Waals surface area contributed by atoms with Crippen molar-refractivity contribution in [2.45, 2.75) is 6.92 Å². The molecule has 0 spiro atoms. The van der Waals surface area contributed by atoms with Gasteiger partial charge in [-0.25, -0.2) is 0 Å². The molecule has 2 aromatic heterocycles. The number of H-pyrrole nitrogens is 1. The van der Waals surface area contributed by atoms with E-state index < -0.39 is 0 Å². The van der Waals surface area contributed by atoms with Crippen molar-refractivity contribution in [3.8, 4) is 5.69 Å². The van der Waals surface area contributed by atoms with E-state index in [-0.39, 0.29) is 5.56 Å². The molecule has 0 aliphatic carbocycles. The number of rotatable bonds is 1. The summed E-state index contributed by atoms with van der Waals surface area (Å²) < 4.78 is 1.44. The Labute approximate surface area is 97.5 Å². The quantitative estimate of drug-likeness (QED) is 0.688. The van der Waals surface area contributed by atoms with Crippen LogP contribution in [0.1, 0.15) is 5.56 Å². The maximum atomic E-state index is 12.2. The summed E-state index contributed by atoms with van der Waals surface area (Å²) in [5, 5.41) is 5.68. The minimum absolute atomic E-state index is 0.0990. The van der Waals surface area contributed by atoms with E-state index in [0.29, 0.717) is 5.39 Å². The number of hydrogen-bond acceptors (Lipinski definition) is 2. The fourth-order valence-electron chi connectivity index (χ4n) is 1.93. The van der Waals surface area contributed by atoms with Gasteiger partial charge >= 0.3 is 0 Å². The van der Waals surface area contributed by atoms with Crippen LogP contribution in [0.4, 0.5) is 0 Å². The van der Waals surface area contributed by atoms with E-state index in [2.05, 4.69) is 10.1 Å². The van der Waals surface area contributed by atoms with Crippen molar-refractivity contribution < 1.29 is 0 Å². The van der Waals surface area contributed by atoms with Gasteiger partial charge < -0.3 is 4.98 Å². The highest BCUT2D eigenvalue weighted by atomic mass is 16.1. The maximum Gasteiger partial charge on any atom is 0.280 e. The first-order chi connectivity index (χ1) is 8.27. The first-order valence-corrected chi connectivity index (χ1v) is 5.38. The number of hydrogen-bond donors (Lipinski definition) is 1. The lowest BCUT2D eigenvalue weighted by Gasteiger charge is -2.06. The molecule has 84 valence electrons. The molecule has 3 rings (SSSR count). The molecule has 0 atom stereocenters. The monoisotopic (exact) mass is 225 g/mol. The smallest absolute Gasteiger partial charge is 0.280 e. The average Bonchev–Trinajstić information content (AvgIpc) is 2.80. The highest BCUT2D eigenvalue weighted by molar-refractivity contribution is 5.80. The summed E-state index contributed by atoms with van der Waals surface area (Å²) in [6.07, 6.45) is 5.17. The number of aromatic amines is 1. The van der Waals surface area contributed by atoms with Gasteiger partial charge in [-0.3, -0.25) is 4.79 Å². The first-order valence-electron chi connectivity index (χ1n) is 5.38. The average molecular weight is 225 g/mol. The summed E-state index contributed by atoms with van der Waals surface area (Å²) in [6, 6.07) is 7.70. The van der Waals surface area contributed by atoms with Gasteiger partial charge in [-0.1, -0.05) is 18.2 Å². The van der Waals surface area contributed by atoms with Crippen LogP contribution in [0.5, 0.6) is 0 Å². The number of nitrogens with zero attached hydrogens (tertiary/aromatic N) is 2. The van der Waals surface area contributed by atoms with Crippen LogP contribution in [0.3, 0.4) is 0 Å². The second-order valence-corrected chi connectivity index (χ2v) is 3.97. The number of benzene rings is 1. The van der Waals surface area contributed by atoms with Crippen molar-refractivity contribution in [3.63, 3.8) is 0 Å². The van der Waals surface area contributed by atoms with Gasteiger partial charge in [-0.05, 0) is 18.6 Å². The summed E-state index contributed by atoms with van der Waals surface area (Å²) in [4.78, 5) is 15.1. The number of aryl methyl sites for hydroxylation is 1. The third kappa shape index (κ3) is 1.45. The highest BCUT2D eigenvalue weighted by Gasteiger charge is 2.07. The van der Waals surface area contributed by atoms with Crippen LogP contribution in [-0.2, 0) is 0 Å². The minimum atomic E-state index is -0.0990. The summed E-state index contributed by atoms with van der Waals surface area (Å²) >= 11 is 0. The summed E-state index contributed by atoms with van der Waals surface area (Å²) in [6.45, 7) is 1.96. The van der Waals surface area contributed by atoms with E-state index in [0.717, 1.165) is 16.6 Å². The fraction of sp³-hybridized carbons (Fsp3) is 0.0769. The van der Waals surface area contributed by atoms with Crippen LogP contribution in [0.25, 0.3) is 16.5 Å². The number of para-hydroxylation sites is 1.